The minimum atomic E-state index is -0.500. The Morgan fingerprint density at radius 1 is 1.62 bits per heavy atom. The van der Waals surface area contributed by atoms with Gasteiger partial charge in [0.15, 0.2) is 0 Å². The first-order chi connectivity index (χ1) is 3.83. The third-order valence-electron chi connectivity index (χ3n) is 0.134. The molecule has 0 amide bonds. The second-order valence-corrected chi connectivity index (χ2v) is 0.732. The van der Waals surface area contributed by atoms with E-state index in [1.54, 1.807) is 0 Å². The molecule has 0 spiro atoms. The van der Waals surface area contributed by atoms with E-state index in [0.29, 0.717) is 6.42 Å². The van der Waals surface area contributed by atoms with Crippen LogP contribution in [0.3, 0.4) is 0 Å². The molecule has 0 aromatic rings. The molecule has 52 valence electrons. The van der Waals surface area contributed by atoms with Gasteiger partial charge in [-0.2, -0.15) is 0 Å². The minimum absolute atomic E-state index is 0. The molecule has 0 aliphatic carbocycles. The molecule has 0 radical (unpaired) electrons. The van der Waals surface area contributed by atoms with Crippen molar-refractivity contribution < 1.29 is 31.2 Å². The standard InChI is InChI=1S/C3H7F.C2H4F.W/c1-2-3-4;1-2-3;/h2-3H2,1H3;1-2H2;/q;-1;/i1T;;. The van der Waals surface area contributed by atoms with Crippen LogP contribution in [0.1, 0.15) is 14.7 Å². The number of hydrogen-bond acceptors (Lipinski definition) is 0. The van der Waals surface area contributed by atoms with Crippen LogP contribution in [0, 0.1) is 6.92 Å². The van der Waals surface area contributed by atoms with Gasteiger partial charge in [-0.05, 0) is 13.1 Å². The molecule has 0 aliphatic heterocycles. The molecule has 0 saturated heterocycles. The van der Waals surface area contributed by atoms with Crippen molar-refractivity contribution in [3.8, 4) is 0 Å². The Hall–Kier alpha value is 0.548. The SMILES string of the molecule is [3H]CCCF.[CH2-]CF.[W]. The molecule has 0 aromatic heterocycles. The summed E-state index contributed by atoms with van der Waals surface area (Å²) in [4.78, 5) is 0. The van der Waals surface area contributed by atoms with Gasteiger partial charge in [0, 0.05) is 22.4 Å². The van der Waals surface area contributed by atoms with Crippen LogP contribution in [0.2, 0.25) is 0 Å². The fraction of sp³-hybridized carbons (Fsp3) is 0.800. The minimum Gasteiger partial charge on any atom is -0.313 e. The maximum absolute atomic E-state index is 10.9. The fourth-order valence-corrected chi connectivity index (χ4v) is 0. The summed E-state index contributed by atoms with van der Waals surface area (Å²) in [5.74, 6) is 0. The summed E-state index contributed by atoms with van der Waals surface area (Å²) in [7, 11) is 0. The van der Waals surface area contributed by atoms with E-state index in [9.17, 15) is 8.78 Å². The molecule has 0 bridgehead atoms. The first-order valence-electron chi connectivity index (χ1n) is 2.74. The van der Waals surface area contributed by atoms with Gasteiger partial charge in [0.25, 0.3) is 0 Å². The summed E-state index contributed by atoms with van der Waals surface area (Å²) >= 11 is 0. The third kappa shape index (κ3) is 84.1. The van der Waals surface area contributed by atoms with E-state index in [-0.39, 0.29) is 34.6 Å². The van der Waals surface area contributed by atoms with Crippen molar-refractivity contribution in [3.05, 3.63) is 6.92 Å². The number of hydrogen-bond donors (Lipinski definition) is 0. The average molecular weight is 295 g/mol. The average Bonchev–Trinajstić information content (AvgIpc) is 1.71. The third-order valence-corrected chi connectivity index (χ3v) is 0.134. The molecular formula is C5H11F2W-. The van der Waals surface area contributed by atoms with Crippen LogP contribution in [0.4, 0.5) is 8.78 Å². The molecule has 0 nitrogen and oxygen atoms in total. The Bertz CT molecular complexity index is 28.9. The van der Waals surface area contributed by atoms with E-state index in [0.717, 1.165) is 0 Å². The van der Waals surface area contributed by atoms with Crippen LogP contribution in [0.15, 0.2) is 0 Å². The Kier molecular flexibility index (Phi) is 36.5. The van der Waals surface area contributed by atoms with Crippen molar-refractivity contribution in [1.29, 1.82) is 0 Å². The van der Waals surface area contributed by atoms with Gasteiger partial charge >= 0.3 is 0 Å². The zero-order valence-corrected chi connectivity index (χ0v) is 7.63. The molecule has 0 aromatic carbocycles. The first kappa shape index (κ1) is 11.4. The Balaban J connectivity index is -0.0000000800. The van der Waals surface area contributed by atoms with Gasteiger partial charge in [-0.3, -0.25) is 8.78 Å². The fourth-order valence-electron chi connectivity index (χ4n) is 0. The van der Waals surface area contributed by atoms with Gasteiger partial charge in [0.2, 0.25) is 0 Å². The summed E-state index contributed by atoms with van der Waals surface area (Å²) < 4.78 is 27.4. The summed E-state index contributed by atoms with van der Waals surface area (Å²) in [5, 5.41) is 0. The van der Waals surface area contributed by atoms with Gasteiger partial charge in [-0.15, -0.1) is 0 Å². The molecule has 8 heavy (non-hydrogen) atoms. The number of alkyl halides is 2. The van der Waals surface area contributed by atoms with Gasteiger partial charge in [-0.1, -0.05) is 6.90 Å². The van der Waals surface area contributed by atoms with E-state index in [4.69, 9.17) is 1.37 Å². The largest absolute Gasteiger partial charge is 0.313 e. The number of rotatable bonds is 1. The molecule has 3 heteroatoms. The zero-order valence-electron chi connectivity index (χ0n) is 5.70. The second-order valence-electron chi connectivity index (χ2n) is 0.732. The smallest absolute Gasteiger partial charge is 0.0891 e. The van der Waals surface area contributed by atoms with E-state index in [1.807, 2.05) is 0 Å². The maximum Gasteiger partial charge on any atom is 0.0891 e. The van der Waals surface area contributed by atoms with Crippen LogP contribution < -0.4 is 0 Å². The Labute approximate surface area is 65.3 Å². The van der Waals surface area contributed by atoms with Crippen molar-refractivity contribution in [1.82, 2.24) is 0 Å². The van der Waals surface area contributed by atoms with E-state index < -0.39 is 6.67 Å². The molecular weight excluding hydrogens is 282 g/mol. The van der Waals surface area contributed by atoms with E-state index >= 15 is 0 Å². The molecule has 0 saturated carbocycles. The molecule has 0 aliphatic rings. The normalized spacial score (nSPS) is 7.62. The van der Waals surface area contributed by atoms with Crippen LogP contribution in [-0.4, -0.2) is 13.3 Å². The zero-order chi connectivity index (χ0) is 6.83. The second kappa shape index (κ2) is 25.7. The van der Waals surface area contributed by atoms with Crippen LogP contribution in [0.5, 0.6) is 0 Å². The summed E-state index contributed by atoms with van der Waals surface area (Å²) in [6.45, 7) is 2.19. The first-order valence-corrected chi connectivity index (χ1v) is 2.03. The van der Waals surface area contributed by atoms with Crippen molar-refractivity contribution in [3.63, 3.8) is 0 Å². The van der Waals surface area contributed by atoms with Crippen molar-refractivity contribution in [2.24, 2.45) is 0 Å². The van der Waals surface area contributed by atoms with E-state index in [2.05, 4.69) is 6.92 Å². The predicted octanol–water partition coefficient (Wildman–Crippen LogP) is 2.15. The van der Waals surface area contributed by atoms with E-state index in [1.165, 1.54) is 0 Å². The van der Waals surface area contributed by atoms with Gasteiger partial charge in [-0.25, -0.2) is 0 Å². The van der Waals surface area contributed by atoms with Gasteiger partial charge in [0.05, 0.1) is 6.67 Å². The molecule has 0 rings (SSSR count). The van der Waals surface area contributed by atoms with Crippen molar-refractivity contribution >= 4 is 0 Å². The van der Waals surface area contributed by atoms with Crippen LogP contribution in [0.25, 0.3) is 0 Å². The monoisotopic (exact) mass is 295 g/mol. The Morgan fingerprint density at radius 2 is 2.00 bits per heavy atom. The van der Waals surface area contributed by atoms with Gasteiger partial charge < -0.3 is 6.92 Å². The number of halogens is 2. The summed E-state index contributed by atoms with van der Waals surface area (Å²) in [5.41, 5.74) is 0. The summed E-state index contributed by atoms with van der Waals surface area (Å²) in [6, 6.07) is 0. The topological polar surface area (TPSA) is 0 Å². The van der Waals surface area contributed by atoms with Crippen LogP contribution in [-0.2, 0) is 21.1 Å². The molecule has 0 heterocycles. The summed E-state index contributed by atoms with van der Waals surface area (Å²) in [6.07, 6.45) is 0.389. The van der Waals surface area contributed by atoms with Crippen LogP contribution >= 0.6 is 0 Å². The van der Waals surface area contributed by atoms with Crippen molar-refractivity contribution in [2.45, 2.75) is 13.3 Å². The molecule has 0 atom stereocenters. The molecule has 0 unspecified atom stereocenters. The van der Waals surface area contributed by atoms with Gasteiger partial charge in [0.1, 0.15) is 0 Å². The molecule has 0 fully saturated rings. The molecule has 0 N–H and O–H groups in total. The Morgan fingerprint density at radius 3 is 2.00 bits per heavy atom. The quantitative estimate of drug-likeness (QED) is 0.650. The maximum atomic E-state index is 10.9. The van der Waals surface area contributed by atoms with Crippen molar-refractivity contribution in [2.75, 3.05) is 13.3 Å². The predicted molar refractivity (Wildman–Crippen MR) is 27.6 cm³/mol.